The first-order valence-corrected chi connectivity index (χ1v) is 9.10. The first kappa shape index (κ1) is 19.3. The summed E-state index contributed by atoms with van der Waals surface area (Å²) in [4.78, 5) is 32.6. The Hall–Kier alpha value is -2.48. The standard InChI is InChI=1S/C19H25FN4O3/c1-5-22-6-8-23(9-7-22)17-14(20)10-12-15(25)13(18(26)27)11-24(16(12)21-17)19(2,3)4/h10-11H,5-9H2,1-4H3,(H,26,27). The molecule has 3 rings (SSSR count). The maximum atomic E-state index is 14.8. The number of carbonyl (C=O) groups is 1. The van der Waals surface area contributed by atoms with Gasteiger partial charge in [0.1, 0.15) is 11.2 Å². The summed E-state index contributed by atoms with van der Waals surface area (Å²) < 4.78 is 16.4. The smallest absolute Gasteiger partial charge is 0.341 e. The van der Waals surface area contributed by atoms with Crippen LogP contribution in [0.2, 0.25) is 0 Å². The number of halogens is 1. The van der Waals surface area contributed by atoms with Gasteiger partial charge in [-0.3, -0.25) is 4.79 Å². The van der Waals surface area contributed by atoms with Crippen LogP contribution in [0.5, 0.6) is 0 Å². The molecular weight excluding hydrogens is 351 g/mol. The number of hydrogen-bond acceptors (Lipinski definition) is 5. The number of nitrogens with zero attached hydrogens (tertiary/aromatic N) is 4. The number of piperazine rings is 1. The van der Waals surface area contributed by atoms with E-state index in [1.807, 2.05) is 25.7 Å². The number of aromatic nitrogens is 2. The fourth-order valence-corrected chi connectivity index (χ4v) is 3.38. The summed E-state index contributed by atoms with van der Waals surface area (Å²) >= 11 is 0. The molecule has 1 aliphatic rings. The molecule has 3 heterocycles. The van der Waals surface area contributed by atoms with Gasteiger partial charge in [0, 0.05) is 37.9 Å². The Morgan fingerprint density at radius 1 is 1.26 bits per heavy atom. The van der Waals surface area contributed by atoms with Crippen molar-refractivity contribution in [3.8, 4) is 0 Å². The van der Waals surface area contributed by atoms with Gasteiger partial charge in [0.15, 0.2) is 11.6 Å². The molecule has 0 amide bonds. The zero-order chi connectivity index (χ0) is 19.9. The zero-order valence-electron chi connectivity index (χ0n) is 16.1. The Morgan fingerprint density at radius 2 is 1.89 bits per heavy atom. The summed E-state index contributed by atoms with van der Waals surface area (Å²) in [5.41, 5.74) is -1.33. The molecule has 7 nitrogen and oxygen atoms in total. The molecule has 2 aromatic heterocycles. The molecule has 146 valence electrons. The van der Waals surface area contributed by atoms with E-state index in [1.165, 1.54) is 6.20 Å². The molecule has 8 heteroatoms. The van der Waals surface area contributed by atoms with Crippen LogP contribution in [0.3, 0.4) is 0 Å². The number of hydrogen-bond donors (Lipinski definition) is 1. The molecule has 1 N–H and O–H groups in total. The van der Waals surface area contributed by atoms with E-state index in [2.05, 4.69) is 16.8 Å². The van der Waals surface area contributed by atoms with Gasteiger partial charge in [-0.1, -0.05) is 6.92 Å². The summed E-state index contributed by atoms with van der Waals surface area (Å²) in [7, 11) is 0. The van der Waals surface area contributed by atoms with Gasteiger partial charge < -0.3 is 19.5 Å². The molecule has 0 atom stereocenters. The van der Waals surface area contributed by atoms with Gasteiger partial charge in [-0.2, -0.15) is 0 Å². The van der Waals surface area contributed by atoms with Gasteiger partial charge in [-0.25, -0.2) is 14.2 Å². The Morgan fingerprint density at radius 3 is 2.41 bits per heavy atom. The van der Waals surface area contributed by atoms with Crippen LogP contribution in [-0.4, -0.2) is 58.3 Å². The van der Waals surface area contributed by atoms with Crippen molar-refractivity contribution in [3.05, 3.63) is 33.9 Å². The maximum absolute atomic E-state index is 14.8. The molecule has 1 aliphatic heterocycles. The number of carboxylic acids is 1. The molecular formula is C19H25FN4O3. The third kappa shape index (κ3) is 3.53. The van der Waals surface area contributed by atoms with E-state index in [1.54, 1.807) is 4.57 Å². The van der Waals surface area contributed by atoms with Crippen LogP contribution in [0.4, 0.5) is 10.2 Å². The van der Waals surface area contributed by atoms with E-state index in [0.717, 1.165) is 25.7 Å². The fourth-order valence-electron chi connectivity index (χ4n) is 3.38. The molecule has 0 spiro atoms. The highest BCUT2D eigenvalue weighted by Crippen LogP contribution is 2.26. The number of likely N-dealkylation sites (N-methyl/N-ethyl adjacent to an activating group) is 1. The highest BCUT2D eigenvalue weighted by Gasteiger charge is 2.26. The summed E-state index contributed by atoms with van der Waals surface area (Å²) in [5, 5.41) is 9.34. The molecule has 1 saturated heterocycles. The van der Waals surface area contributed by atoms with Crippen molar-refractivity contribution in [2.24, 2.45) is 0 Å². The lowest BCUT2D eigenvalue weighted by Gasteiger charge is -2.35. The minimum absolute atomic E-state index is 0.0155. The van der Waals surface area contributed by atoms with Crippen LogP contribution in [0, 0.1) is 5.82 Å². The second kappa shape index (κ2) is 6.92. The van der Waals surface area contributed by atoms with Crippen molar-refractivity contribution in [2.45, 2.75) is 33.2 Å². The van der Waals surface area contributed by atoms with E-state index in [4.69, 9.17) is 0 Å². The third-order valence-electron chi connectivity index (χ3n) is 4.99. The minimum atomic E-state index is -1.33. The van der Waals surface area contributed by atoms with Gasteiger partial charge in [0.05, 0.1) is 5.39 Å². The van der Waals surface area contributed by atoms with Gasteiger partial charge in [-0.05, 0) is 33.4 Å². The molecule has 2 aromatic rings. The van der Waals surface area contributed by atoms with Gasteiger partial charge >= 0.3 is 5.97 Å². The largest absolute Gasteiger partial charge is 0.477 e. The van der Waals surface area contributed by atoms with Gasteiger partial charge in [0.25, 0.3) is 0 Å². The van der Waals surface area contributed by atoms with Crippen molar-refractivity contribution in [2.75, 3.05) is 37.6 Å². The number of aromatic carboxylic acids is 1. The van der Waals surface area contributed by atoms with Crippen LogP contribution in [0.1, 0.15) is 38.1 Å². The second-order valence-electron chi connectivity index (χ2n) is 7.80. The van der Waals surface area contributed by atoms with Crippen LogP contribution in [-0.2, 0) is 5.54 Å². The average molecular weight is 376 g/mol. The summed E-state index contributed by atoms with van der Waals surface area (Å²) in [6.45, 7) is 11.6. The lowest BCUT2D eigenvalue weighted by atomic mass is 10.1. The normalized spacial score (nSPS) is 16.1. The topological polar surface area (TPSA) is 78.7 Å². The highest BCUT2D eigenvalue weighted by molar-refractivity contribution is 5.92. The molecule has 1 fully saturated rings. The van der Waals surface area contributed by atoms with Crippen LogP contribution < -0.4 is 10.3 Å². The Bertz CT molecular complexity index is 941. The second-order valence-corrected chi connectivity index (χ2v) is 7.80. The van der Waals surface area contributed by atoms with Crippen molar-refractivity contribution in [3.63, 3.8) is 0 Å². The zero-order valence-corrected chi connectivity index (χ0v) is 16.1. The molecule has 0 aromatic carbocycles. The quantitative estimate of drug-likeness (QED) is 0.884. The number of carboxylic acid groups (broad SMARTS) is 1. The lowest BCUT2D eigenvalue weighted by Crippen LogP contribution is -2.46. The minimum Gasteiger partial charge on any atom is -0.477 e. The number of fused-ring (bicyclic) bond motifs is 1. The van der Waals surface area contributed by atoms with Gasteiger partial charge in [-0.15, -0.1) is 0 Å². The molecule has 0 saturated carbocycles. The first-order chi connectivity index (χ1) is 12.6. The van der Waals surface area contributed by atoms with Crippen molar-refractivity contribution >= 4 is 22.8 Å². The first-order valence-electron chi connectivity index (χ1n) is 9.10. The third-order valence-corrected chi connectivity index (χ3v) is 4.99. The van der Waals surface area contributed by atoms with Crippen molar-refractivity contribution in [1.82, 2.24) is 14.5 Å². The van der Waals surface area contributed by atoms with Gasteiger partial charge in [0.2, 0.25) is 5.43 Å². The fraction of sp³-hybridized carbons (Fsp3) is 0.526. The Kier molecular flexibility index (Phi) is 4.94. The Balaban J connectivity index is 2.20. The van der Waals surface area contributed by atoms with E-state index < -0.39 is 22.8 Å². The molecule has 0 radical (unpaired) electrons. The highest BCUT2D eigenvalue weighted by atomic mass is 19.1. The predicted octanol–water partition coefficient (Wildman–Crippen LogP) is 2.13. The van der Waals surface area contributed by atoms with Crippen LogP contribution in [0.25, 0.3) is 11.0 Å². The number of rotatable bonds is 3. The van der Waals surface area contributed by atoms with E-state index in [9.17, 15) is 19.1 Å². The lowest BCUT2D eigenvalue weighted by molar-refractivity contribution is 0.0694. The molecule has 27 heavy (non-hydrogen) atoms. The SMILES string of the molecule is CCN1CCN(c2nc3c(cc2F)c(=O)c(C(=O)O)cn3C(C)(C)C)CC1. The maximum Gasteiger partial charge on any atom is 0.341 e. The molecule has 0 aliphatic carbocycles. The Labute approximate surface area is 157 Å². The number of anilines is 1. The monoisotopic (exact) mass is 376 g/mol. The van der Waals surface area contributed by atoms with Crippen molar-refractivity contribution in [1.29, 1.82) is 0 Å². The molecule has 0 bridgehead atoms. The van der Waals surface area contributed by atoms with Crippen LogP contribution in [0.15, 0.2) is 17.1 Å². The van der Waals surface area contributed by atoms with Crippen LogP contribution >= 0.6 is 0 Å². The summed E-state index contributed by atoms with van der Waals surface area (Å²) in [6.07, 6.45) is 1.30. The number of pyridine rings is 2. The summed E-state index contributed by atoms with van der Waals surface area (Å²) in [5.74, 6) is -1.73. The predicted molar refractivity (Wildman–Crippen MR) is 102 cm³/mol. The summed E-state index contributed by atoms with van der Waals surface area (Å²) in [6, 6.07) is 1.13. The van der Waals surface area contributed by atoms with Crippen molar-refractivity contribution < 1.29 is 14.3 Å². The molecule has 0 unspecified atom stereocenters. The van der Waals surface area contributed by atoms with E-state index in [0.29, 0.717) is 18.7 Å². The van der Waals surface area contributed by atoms with E-state index in [-0.39, 0.29) is 16.8 Å². The average Bonchev–Trinajstić information content (AvgIpc) is 2.61. The van der Waals surface area contributed by atoms with E-state index >= 15 is 0 Å².